The number of carbonyl (C=O) groups is 1. The normalized spacial score (nSPS) is 10.2. The van der Waals surface area contributed by atoms with E-state index in [4.69, 9.17) is 22.1 Å². The van der Waals surface area contributed by atoms with Crippen LogP contribution in [0.25, 0.3) is 0 Å². The maximum absolute atomic E-state index is 12.0. The molecule has 0 amide bonds. The summed E-state index contributed by atoms with van der Waals surface area (Å²) in [4.78, 5) is 12.0. The van der Waals surface area contributed by atoms with Crippen LogP contribution in [0.4, 0.5) is 17.1 Å². The first-order valence-electron chi connectivity index (χ1n) is 6.30. The Balaban J connectivity index is 2.34. The Morgan fingerprint density at radius 3 is 2.76 bits per heavy atom. The van der Waals surface area contributed by atoms with Crippen molar-refractivity contribution in [2.45, 2.75) is 6.92 Å². The number of rotatable bonds is 4. The van der Waals surface area contributed by atoms with Crippen LogP contribution < -0.4 is 11.1 Å². The van der Waals surface area contributed by atoms with Gasteiger partial charge in [0, 0.05) is 15.8 Å². The molecule has 0 unspecified atom stereocenters. The van der Waals surface area contributed by atoms with Gasteiger partial charge in [-0.1, -0.05) is 11.6 Å². The van der Waals surface area contributed by atoms with Crippen LogP contribution in [0.2, 0.25) is 5.02 Å². The predicted molar refractivity (Wildman–Crippen MR) is 89.2 cm³/mol. The zero-order valence-electron chi connectivity index (χ0n) is 11.3. The van der Waals surface area contributed by atoms with E-state index < -0.39 is 5.97 Å². The number of hydrogen-bond acceptors (Lipinski definition) is 4. The summed E-state index contributed by atoms with van der Waals surface area (Å²) in [6.45, 7) is 2.06. The highest BCUT2D eigenvalue weighted by molar-refractivity contribution is 9.10. The Morgan fingerprint density at radius 2 is 2.10 bits per heavy atom. The van der Waals surface area contributed by atoms with Gasteiger partial charge in [-0.2, -0.15) is 0 Å². The first-order chi connectivity index (χ1) is 10.0. The molecule has 0 aliphatic carbocycles. The molecule has 21 heavy (non-hydrogen) atoms. The van der Waals surface area contributed by atoms with Crippen molar-refractivity contribution in [3.05, 3.63) is 51.5 Å². The van der Waals surface area contributed by atoms with Gasteiger partial charge >= 0.3 is 5.97 Å². The van der Waals surface area contributed by atoms with E-state index in [0.29, 0.717) is 28.6 Å². The fraction of sp³-hybridized carbons (Fsp3) is 0.133. The SMILES string of the molecule is CCOC(=O)c1cc(N)ccc1Nc1ccc(Br)c(Cl)c1. The van der Waals surface area contributed by atoms with Crippen LogP contribution in [-0.2, 0) is 4.74 Å². The van der Waals surface area contributed by atoms with Crippen molar-refractivity contribution < 1.29 is 9.53 Å². The quantitative estimate of drug-likeness (QED) is 0.610. The van der Waals surface area contributed by atoms with Gasteiger partial charge in [0.05, 0.1) is 22.9 Å². The number of carbonyl (C=O) groups excluding carboxylic acids is 1. The number of halogens is 2. The number of nitrogens with two attached hydrogens (primary N) is 1. The second-order valence-electron chi connectivity index (χ2n) is 4.28. The molecule has 0 aliphatic rings. The van der Waals surface area contributed by atoms with Crippen molar-refractivity contribution in [1.29, 1.82) is 0 Å². The van der Waals surface area contributed by atoms with Gasteiger partial charge in [-0.25, -0.2) is 4.79 Å². The summed E-state index contributed by atoms with van der Waals surface area (Å²) in [6, 6.07) is 10.5. The maximum atomic E-state index is 12.0. The lowest BCUT2D eigenvalue weighted by Gasteiger charge is -2.12. The molecule has 0 fully saturated rings. The number of nitrogen functional groups attached to an aromatic ring is 1. The van der Waals surface area contributed by atoms with Gasteiger partial charge in [0.25, 0.3) is 0 Å². The summed E-state index contributed by atoms with van der Waals surface area (Å²) < 4.78 is 5.84. The number of anilines is 3. The van der Waals surface area contributed by atoms with Crippen molar-refractivity contribution in [2.24, 2.45) is 0 Å². The molecule has 0 bridgehead atoms. The van der Waals surface area contributed by atoms with Gasteiger partial charge in [0.1, 0.15) is 0 Å². The molecule has 0 spiro atoms. The molecule has 6 heteroatoms. The number of benzene rings is 2. The van der Waals surface area contributed by atoms with Crippen LogP contribution in [0.5, 0.6) is 0 Å². The maximum Gasteiger partial charge on any atom is 0.340 e. The fourth-order valence-corrected chi connectivity index (χ4v) is 2.21. The molecule has 3 N–H and O–H groups in total. The highest BCUT2D eigenvalue weighted by atomic mass is 79.9. The van der Waals surface area contributed by atoms with Gasteiger partial charge in [-0.05, 0) is 59.3 Å². The molecule has 0 aromatic heterocycles. The van der Waals surface area contributed by atoms with Crippen LogP contribution in [0.15, 0.2) is 40.9 Å². The minimum absolute atomic E-state index is 0.303. The van der Waals surface area contributed by atoms with Crippen molar-refractivity contribution in [3.8, 4) is 0 Å². The summed E-state index contributed by atoms with van der Waals surface area (Å²) in [7, 11) is 0. The van der Waals surface area contributed by atoms with Gasteiger partial charge in [-0.15, -0.1) is 0 Å². The van der Waals surface area contributed by atoms with E-state index in [-0.39, 0.29) is 0 Å². The Morgan fingerprint density at radius 1 is 1.33 bits per heavy atom. The van der Waals surface area contributed by atoms with E-state index in [2.05, 4.69) is 21.2 Å². The average molecular weight is 370 g/mol. The number of hydrogen-bond donors (Lipinski definition) is 2. The third-order valence-electron chi connectivity index (χ3n) is 2.74. The standard InChI is InChI=1S/C15H14BrClN2O2/c1-2-21-15(20)11-7-9(18)3-6-14(11)19-10-4-5-12(16)13(17)8-10/h3-8,19H,2,18H2,1H3. The Bertz CT molecular complexity index is 677. The summed E-state index contributed by atoms with van der Waals surface area (Å²) in [5.41, 5.74) is 7.99. The highest BCUT2D eigenvalue weighted by Crippen LogP contribution is 2.29. The minimum atomic E-state index is -0.421. The topological polar surface area (TPSA) is 64.3 Å². The van der Waals surface area contributed by atoms with Gasteiger partial charge in [0.2, 0.25) is 0 Å². The Labute approximate surface area is 136 Å². The molecule has 0 radical (unpaired) electrons. The van der Waals surface area contributed by atoms with Crippen molar-refractivity contribution in [2.75, 3.05) is 17.7 Å². The second kappa shape index (κ2) is 6.83. The van der Waals surface area contributed by atoms with Crippen LogP contribution in [-0.4, -0.2) is 12.6 Å². The zero-order valence-corrected chi connectivity index (χ0v) is 13.7. The smallest absolute Gasteiger partial charge is 0.340 e. The lowest BCUT2D eigenvalue weighted by atomic mass is 10.1. The first-order valence-corrected chi connectivity index (χ1v) is 7.47. The van der Waals surface area contributed by atoms with Crippen molar-refractivity contribution in [3.63, 3.8) is 0 Å². The molecule has 0 atom stereocenters. The van der Waals surface area contributed by atoms with Crippen LogP contribution >= 0.6 is 27.5 Å². The monoisotopic (exact) mass is 368 g/mol. The van der Waals surface area contributed by atoms with Gasteiger partial charge in [0.15, 0.2) is 0 Å². The Kier molecular flexibility index (Phi) is 5.09. The molecular formula is C15H14BrClN2O2. The van der Waals surface area contributed by atoms with Gasteiger partial charge < -0.3 is 15.8 Å². The summed E-state index contributed by atoms with van der Waals surface area (Å²) in [5, 5.41) is 3.72. The molecule has 110 valence electrons. The van der Waals surface area contributed by atoms with E-state index in [9.17, 15) is 4.79 Å². The third-order valence-corrected chi connectivity index (χ3v) is 3.97. The van der Waals surface area contributed by atoms with E-state index in [1.807, 2.05) is 12.1 Å². The van der Waals surface area contributed by atoms with Crippen LogP contribution in [0, 0.1) is 0 Å². The van der Waals surface area contributed by atoms with Crippen molar-refractivity contribution >= 4 is 50.6 Å². The molecule has 0 saturated carbocycles. The van der Waals surface area contributed by atoms with E-state index in [0.717, 1.165) is 10.2 Å². The number of ether oxygens (including phenoxy) is 1. The van der Waals surface area contributed by atoms with Crippen LogP contribution in [0.3, 0.4) is 0 Å². The molecule has 2 aromatic rings. The Hall–Kier alpha value is -1.72. The van der Waals surface area contributed by atoms with Gasteiger partial charge in [-0.3, -0.25) is 0 Å². The first kappa shape index (κ1) is 15.7. The summed E-state index contributed by atoms with van der Waals surface area (Å²) >= 11 is 9.39. The predicted octanol–water partition coefficient (Wildman–Crippen LogP) is 4.61. The van der Waals surface area contributed by atoms with Crippen molar-refractivity contribution in [1.82, 2.24) is 0 Å². The van der Waals surface area contributed by atoms with E-state index in [1.54, 1.807) is 31.2 Å². The lowest BCUT2D eigenvalue weighted by Crippen LogP contribution is -2.08. The molecule has 2 rings (SSSR count). The van der Waals surface area contributed by atoms with E-state index >= 15 is 0 Å². The van der Waals surface area contributed by atoms with Crippen LogP contribution in [0.1, 0.15) is 17.3 Å². The number of nitrogens with one attached hydrogen (secondary N) is 1. The van der Waals surface area contributed by atoms with E-state index in [1.165, 1.54) is 0 Å². The minimum Gasteiger partial charge on any atom is -0.462 e. The largest absolute Gasteiger partial charge is 0.462 e. The molecule has 0 heterocycles. The molecular weight excluding hydrogens is 356 g/mol. The lowest BCUT2D eigenvalue weighted by molar-refractivity contribution is 0.0527. The third kappa shape index (κ3) is 3.89. The molecule has 2 aromatic carbocycles. The number of esters is 1. The summed E-state index contributed by atoms with van der Waals surface area (Å²) in [6.07, 6.45) is 0. The summed E-state index contributed by atoms with van der Waals surface area (Å²) in [5.74, 6) is -0.421. The zero-order chi connectivity index (χ0) is 15.4. The molecule has 0 saturated heterocycles. The highest BCUT2D eigenvalue weighted by Gasteiger charge is 2.13. The molecule has 4 nitrogen and oxygen atoms in total. The fourth-order valence-electron chi connectivity index (χ4n) is 1.78. The average Bonchev–Trinajstić information content (AvgIpc) is 2.45. The second-order valence-corrected chi connectivity index (χ2v) is 5.54. The molecule has 0 aliphatic heterocycles.